The van der Waals surface area contributed by atoms with Gasteiger partial charge in [-0.15, -0.1) is 0 Å². The molecule has 2 atom stereocenters. The average molecular weight is 519 g/mol. The second kappa shape index (κ2) is 8.67. The summed E-state index contributed by atoms with van der Waals surface area (Å²) in [6, 6.07) is 43.3. The van der Waals surface area contributed by atoms with Gasteiger partial charge in [0.2, 0.25) is 0 Å². The summed E-state index contributed by atoms with van der Waals surface area (Å²) in [5.74, 6) is 0.888. The molecular formula is C36H30N4. The molecule has 1 aliphatic heterocycles. The highest BCUT2D eigenvalue weighted by molar-refractivity contribution is 6.12. The number of nitrogens with zero attached hydrogens (tertiary/aromatic N) is 2. The van der Waals surface area contributed by atoms with Gasteiger partial charge in [0.25, 0.3) is 0 Å². The van der Waals surface area contributed by atoms with Crippen LogP contribution in [-0.4, -0.2) is 10.4 Å². The van der Waals surface area contributed by atoms with Crippen molar-refractivity contribution in [3.63, 3.8) is 0 Å². The Labute approximate surface area is 234 Å². The molecule has 1 aliphatic carbocycles. The zero-order chi connectivity index (χ0) is 26.8. The van der Waals surface area contributed by atoms with Gasteiger partial charge in [0.1, 0.15) is 12.0 Å². The maximum absolute atomic E-state index is 5.35. The van der Waals surface area contributed by atoms with Gasteiger partial charge in [0, 0.05) is 21.8 Å². The third-order valence-corrected chi connectivity index (χ3v) is 8.66. The van der Waals surface area contributed by atoms with Gasteiger partial charge in [0.05, 0.1) is 11.0 Å². The fourth-order valence-corrected chi connectivity index (χ4v) is 6.83. The normalized spacial score (nSPS) is 19.2. The zero-order valence-corrected chi connectivity index (χ0v) is 22.6. The third kappa shape index (κ3) is 3.33. The number of para-hydroxylation sites is 1. The van der Waals surface area contributed by atoms with Gasteiger partial charge >= 0.3 is 0 Å². The molecule has 0 spiro atoms. The minimum Gasteiger partial charge on any atom is -0.350 e. The third-order valence-electron chi connectivity index (χ3n) is 8.66. The van der Waals surface area contributed by atoms with Gasteiger partial charge in [-0.25, -0.2) is 4.99 Å². The summed E-state index contributed by atoms with van der Waals surface area (Å²) >= 11 is 0. The van der Waals surface area contributed by atoms with E-state index in [0.717, 1.165) is 11.4 Å². The molecule has 2 aliphatic rings. The van der Waals surface area contributed by atoms with Crippen molar-refractivity contribution in [2.45, 2.75) is 31.7 Å². The molecule has 8 rings (SSSR count). The fraction of sp³-hybridized carbons (Fsp3) is 0.139. The Hall–Kier alpha value is -4.67. The SMILES string of the molecule is CC1(C)c2ccccc2-c2ccc3c4ccccc4n(C4N=C(c5ccccc5)NC(c5ccccc5)N4)c3c21. The lowest BCUT2D eigenvalue weighted by Crippen LogP contribution is -2.46. The van der Waals surface area contributed by atoms with Crippen LogP contribution in [0.15, 0.2) is 126 Å². The number of nitrogens with one attached hydrogen (secondary N) is 2. The van der Waals surface area contributed by atoms with Crippen LogP contribution in [0.4, 0.5) is 0 Å². The van der Waals surface area contributed by atoms with Crippen LogP contribution < -0.4 is 10.6 Å². The molecule has 0 saturated carbocycles. The summed E-state index contributed by atoms with van der Waals surface area (Å²) in [7, 11) is 0. The van der Waals surface area contributed by atoms with E-state index < -0.39 is 0 Å². The molecule has 2 N–H and O–H groups in total. The molecular weight excluding hydrogens is 488 g/mol. The summed E-state index contributed by atoms with van der Waals surface area (Å²) in [5, 5.41) is 10.1. The highest BCUT2D eigenvalue weighted by Crippen LogP contribution is 2.52. The quantitative estimate of drug-likeness (QED) is 0.250. The monoisotopic (exact) mass is 518 g/mol. The molecule has 0 amide bonds. The number of hydrogen-bond donors (Lipinski definition) is 2. The Balaban J connectivity index is 1.43. The van der Waals surface area contributed by atoms with Crippen molar-refractivity contribution in [3.8, 4) is 11.1 Å². The van der Waals surface area contributed by atoms with Gasteiger partial charge in [-0.3, -0.25) is 5.32 Å². The summed E-state index contributed by atoms with van der Waals surface area (Å²) in [6.07, 6.45) is -0.410. The summed E-state index contributed by atoms with van der Waals surface area (Å²) in [5.41, 5.74) is 9.94. The topological polar surface area (TPSA) is 41.4 Å². The predicted molar refractivity (Wildman–Crippen MR) is 164 cm³/mol. The molecule has 0 saturated heterocycles. The first kappa shape index (κ1) is 23.2. The van der Waals surface area contributed by atoms with Gasteiger partial charge in [0.15, 0.2) is 6.29 Å². The van der Waals surface area contributed by atoms with Gasteiger partial charge in [-0.05, 0) is 33.9 Å². The standard InChI is InChI=1S/C36H30N4/c1-36(2)29-19-11-9-17-25(29)27-21-22-28-26-18-10-12-20-30(26)40(32(28)31(27)36)35-38-33(23-13-5-3-6-14-23)37-34(39-35)24-15-7-4-8-16-24/h3-22,33,35,38H,1-2H3,(H,37,39). The molecule has 2 heterocycles. The Morgan fingerprint density at radius 3 is 2.20 bits per heavy atom. The van der Waals surface area contributed by atoms with Crippen molar-refractivity contribution in [3.05, 3.63) is 144 Å². The maximum atomic E-state index is 5.35. The predicted octanol–water partition coefficient (Wildman–Crippen LogP) is 7.90. The number of aliphatic imine (C=N–C) groups is 1. The first-order chi connectivity index (χ1) is 19.6. The Morgan fingerprint density at radius 2 is 1.38 bits per heavy atom. The second-order valence-electron chi connectivity index (χ2n) is 11.3. The van der Waals surface area contributed by atoms with Crippen molar-refractivity contribution in [1.29, 1.82) is 0 Å². The summed E-state index contributed by atoms with van der Waals surface area (Å²) < 4.78 is 2.44. The van der Waals surface area contributed by atoms with Gasteiger partial charge in [-0.1, -0.05) is 129 Å². The molecule has 2 unspecified atom stereocenters. The molecule has 5 aromatic carbocycles. The first-order valence-corrected chi connectivity index (χ1v) is 14.0. The van der Waals surface area contributed by atoms with Crippen LogP contribution >= 0.6 is 0 Å². The molecule has 4 nitrogen and oxygen atoms in total. The number of fused-ring (bicyclic) bond motifs is 7. The van der Waals surface area contributed by atoms with E-state index in [4.69, 9.17) is 4.99 Å². The minimum absolute atomic E-state index is 0.0999. The van der Waals surface area contributed by atoms with Crippen molar-refractivity contribution < 1.29 is 0 Å². The van der Waals surface area contributed by atoms with Crippen LogP contribution in [0, 0.1) is 0 Å². The highest BCUT2D eigenvalue weighted by Gasteiger charge is 2.39. The van der Waals surface area contributed by atoms with Crippen LogP contribution in [0.25, 0.3) is 32.9 Å². The number of benzene rings is 5. The molecule has 1 aromatic heterocycles. The van der Waals surface area contributed by atoms with E-state index in [-0.39, 0.29) is 17.9 Å². The van der Waals surface area contributed by atoms with E-state index in [1.54, 1.807) is 0 Å². The van der Waals surface area contributed by atoms with E-state index in [1.165, 1.54) is 49.6 Å². The maximum Gasteiger partial charge on any atom is 0.184 e. The summed E-state index contributed by atoms with van der Waals surface area (Å²) in [4.78, 5) is 5.35. The number of amidine groups is 1. The van der Waals surface area contributed by atoms with E-state index in [2.05, 4.69) is 144 Å². The van der Waals surface area contributed by atoms with E-state index in [0.29, 0.717) is 0 Å². The number of hydrogen-bond acceptors (Lipinski definition) is 3. The smallest absolute Gasteiger partial charge is 0.184 e. The fourth-order valence-electron chi connectivity index (χ4n) is 6.83. The minimum atomic E-state index is -0.310. The molecule has 194 valence electrons. The zero-order valence-electron chi connectivity index (χ0n) is 22.6. The Bertz CT molecular complexity index is 1930. The summed E-state index contributed by atoms with van der Waals surface area (Å²) in [6.45, 7) is 4.72. The van der Waals surface area contributed by atoms with Crippen LogP contribution in [0.1, 0.15) is 48.6 Å². The number of aromatic nitrogens is 1. The van der Waals surface area contributed by atoms with Crippen LogP contribution in [0.5, 0.6) is 0 Å². The van der Waals surface area contributed by atoms with Crippen molar-refractivity contribution >= 4 is 27.6 Å². The second-order valence-corrected chi connectivity index (χ2v) is 11.3. The Kier molecular flexibility index (Phi) is 5.04. The molecule has 0 radical (unpaired) electrons. The van der Waals surface area contributed by atoms with E-state index in [9.17, 15) is 0 Å². The average Bonchev–Trinajstić information content (AvgIpc) is 3.47. The molecule has 6 aromatic rings. The molecule has 40 heavy (non-hydrogen) atoms. The van der Waals surface area contributed by atoms with E-state index >= 15 is 0 Å². The van der Waals surface area contributed by atoms with Gasteiger partial charge in [-0.2, -0.15) is 0 Å². The van der Waals surface area contributed by atoms with Crippen molar-refractivity contribution in [1.82, 2.24) is 15.2 Å². The lowest BCUT2D eigenvalue weighted by molar-refractivity contribution is 0.341. The first-order valence-electron chi connectivity index (χ1n) is 14.0. The van der Waals surface area contributed by atoms with Crippen LogP contribution in [0.2, 0.25) is 0 Å². The van der Waals surface area contributed by atoms with E-state index in [1.807, 2.05) is 6.07 Å². The Morgan fingerprint density at radius 1 is 0.675 bits per heavy atom. The lowest BCUT2D eigenvalue weighted by Gasteiger charge is -2.34. The molecule has 0 bridgehead atoms. The molecule has 4 heteroatoms. The van der Waals surface area contributed by atoms with Gasteiger partial charge < -0.3 is 9.88 Å². The van der Waals surface area contributed by atoms with Crippen molar-refractivity contribution in [2.75, 3.05) is 0 Å². The molecule has 0 fully saturated rings. The van der Waals surface area contributed by atoms with Crippen molar-refractivity contribution in [2.24, 2.45) is 4.99 Å². The lowest BCUT2D eigenvalue weighted by atomic mass is 9.81. The van der Waals surface area contributed by atoms with Crippen LogP contribution in [-0.2, 0) is 5.41 Å². The highest BCUT2D eigenvalue weighted by atomic mass is 15.4. The van der Waals surface area contributed by atoms with Crippen LogP contribution in [0.3, 0.4) is 0 Å². The largest absolute Gasteiger partial charge is 0.350 e. The number of rotatable bonds is 3.